The third-order valence-electron chi connectivity index (χ3n) is 2.83. The summed E-state index contributed by atoms with van der Waals surface area (Å²) in [5, 5.41) is 15.1. The van der Waals surface area contributed by atoms with Crippen LogP contribution < -0.4 is 4.72 Å². The van der Waals surface area contributed by atoms with Gasteiger partial charge >= 0.3 is 0 Å². The van der Waals surface area contributed by atoms with E-state index in [-0.39, 0.29) is 16.9 Å². The minimum absolute atomic E-state index is 0.122. The summed E-state index contributed by atoms with van der Waals surface area (Å²) >= 11 is 0. The highest BCUT2D eigenvalue weighted by Gasteiger charge is 2.23. The van der Waals surface area contributed by atoms with Gasteiger partial charge in [-0.2, -0.15) is 5.10 Å². The zero-order valence-corrected chi connectivity index (χ0v) is 11.8. The van der Waals surface area contributed by atoms with E-state index in [4.69, 9.17) is 5.11 Å². The maximum atomic E-state index is 12.0. The standard InChI is InChI=1S/C11H21N3O3S/c1-9-10(7-12-14-9)18(16,17)13-8-11(2,3)5-4-6-15/h7,13,15H,4-6,8H2,1-3H3,(H,12,14). The summed E-state index contributed by atoms with van der Waals surface area (Å²) in [6, 6.07) is 0. The first-order valence-corrected chi connectivity index (χ1v) is 7.37. The Morgan fingerprint density at radius 1 is 1.50 bits per heavy atom. The average Bonchev–Trinajstić information content (AvgIpc) is 2.71. The lowest BCUT2D eigenvalue weighted by molar-refractivity contribution is 0.242. The van der Waals surface area contributed by atoms with Crippen LogP contribution in [0.15, 0.2) is 11.1 Å². The zero-order chi connectivity index (χ0) is 13.8. The third kappa shape index (κ3) is 4.08. The molecule has 0 saturated carbocycles. The first-order chi connectivity index (χ1) is 8.28. The van der Waals surface area contributed by atoms with E-state index in [2.05, 4.69) is 14.9 Å². The van der Waals surface area contributed by atoms with Gasteiger partial charge < -0.3 is 5.11 Å². The lowest BCUT2D eigenvalue weighted by atomic mass is 9.88. The molecule has 1 aromatic heterocycles. The Morgan fingerprint density at radius 2 is 2.17 bits per heavy atom. The average molecular weight is 275 g/mol. The van der Waals surface area contributed by atoms with E-state index in [0.29, 0.717) is 18.7 Å². The molecule has 6 nitrogen and oxygen atoms in total. The van der Waals surface area contributed by atoms with Gasteiger partial charge in [-0.25, -0.2) is 13.1 Å². The Bertz CT molecular complexity index is 479. The smallest absolute Gasteiger partial charge is 0.243 e. The summed E-state index contributed by atoms with van der Waals surface area (Å²) in [4.78, 5) is 0.181. The lowest BCUT2D eigenvalue weighted by Gasteiger charge is -2.24. The number of aliphatic hydroxyl groups is 1. The number of aromatic nitrogens is 2. The minimum Gasteiger partial charge on any atom is -0.396 e. The van der Waals surface area contributed by atoms with Crippen molar-refractivity contribution in [2.45, 2.75) is 38.5 Å². The molecule has 3 N–H and O–H groups in total. The molecule has 0 aliphatic carbocycles. The van der Waals surface area contributed by atoms with Crippen LogP contribution in [-0.4, -0.2) is 36.9 Å². The Morgan fingerprint density at radius 3 is 2.67 bits per heavy atom. The molecule has 0 bridgehead atoms. The van der Waals surface area contributed by atoms with Crippen molar-refractivity contribution in [1.82, 2.24) is 14.9 Å². The Kier molecular flexibility index (Phi) is 4.89. The molecule has 0 radical (unpaired) electrons. The predicted molar refractivity (Wildman–Crippen MR) is 68.6 cm³/mol. The van der Waals surface area contributed by atoms with Crippen molar-refractivity contribution >= 4 is 10.0 Å². The Hall–Kier alpha value is -0.920. The maximum absolute atomic E-state index is 12.0. The molecule has 18 heavy (non-hydrogen) atoms. The quantitative estimate of drug-likeness (QED) is 0.685. The van der Waals surface area contributed by atoms with Crippen LogP contribution in [0.1, 0.15) is 32.4 Å². The molecule has 0 aliphatic heterocycles. The minimum atomic E-state index is -3.51. The number of H-pyrrole nitrogens is 1. The van der Waals surface area contributed by atoms with Gasteiger partial charge in [0.15, 0.2) is 0 Å². The van der Waals surface area contributed by atoms with Crippen molar-refractivity contribution in [3.05, 3.63) is 11.9 Å². The van der Waals surface area contributed by atoms with Crippen LogP contribution >= 0.6 is 0 Å². The summed E-state index contributed by atoms with van der Waals surface area (Å²) in [5.41, 5.74) is 0.337. The number of sulfonamides is 1. The van der Waals surface area contributed by atoms with Gasteiger partial charge in [-0.3, -0.25) is 5.10 Å². The fraction of sp³-hybridized carbons (Fsp3) is 0.727. The molecule has 0 unspecified atom stereocenters. The summed E-state index contributed by atoms with van der Waals surface area (Å²) in [6.45, 7) is 6.05. The molecule has 1 heterocycles. The van der Waals surface area contributed by atoms with Crippen molar-refractivity contribution in [2.24, 2.45) is 5.41 Å². The number of nitrogens with zero attached hydrogens (tertiary/aromatic N) is 1. The van der Waals surface area contributed by atoms with E-state index in [1.54, 1.807) is 6.92 Å². The normalized spacial score (nSPS) is 12.9. The van der Waals surface area contributed by atoms with Crippen molar-refractivity contribution in [2.75, 3.05) is 13.2 Å². The Balaban J connectivity index is 2.66. The van der Waals surface area contributed by atoms with Gasteiger partial charge in [0.05, 0.1) is 11.9 Å². The molecule has 0 aromatic carbocycles. The van der Waals surface area contributed by atoms with E-state index in [9.17, 15) is 8.42 Å². The summed E-state index contributed by atoms with van der Waals surface area (Å²) in [5.74, 6) is 0. The summed E-state index contributed by atoms with van der Waals surface area (Å²) in [6.07, 6.45) is 2.73. The fourth-order valence-corrected chi connectivity index (χ4v) is 3.00. The van der Waals surface area contributed by atoms with Gasteiger partial charge in [-0.1, -0.05) is 13.8 Å². The maximum Gasteiger partial charge on any atom is 0.243 e. The Labute approximate surface area is 108 Å². The molecule has 0 spiro atoms. The van der Waals surface area contributed by atoms with Crippen LogP contribution in [0.5, 0.6) is 0 Å². The van der Waals surface area contributed by atoms with Crippen LogP contribution in [0.25, 0.3) is 0 Å². The van der Waals surface area contributed by atoms with Crippen molar-refractivity contribution < 1.29 is 13.5 Å². The molecule has 7 heteroatoms. The number of hydrogen-bond donors (Lipinski definition) is 3. The SMILES string of the molecule is Cc1[nH]ncc1S(=O)(=O)NCC(C)(C)CCCO. The van der Waals surface area contributed by atoms with E-state index >= 15 is 0 Å². The van der Waals surface area contributed by atoms with Gasteiger partial charge in [0.25, 0.3) is 0 Å². The van der Waals surface area contributed by atoms with Crippen LogP contribution in [0, 0.1) is 12.3 Å². The molecule has 0 fully saturated rings. The lowest BCUT2D eigenvalue weighted by Crippen LogP contribution is -2.34. The number of aryl methyl sites for hydroxylation is 1. The van der Waals surface area contributed by atoms with Gasteiger partial charge in [0.2, 0.25) is 10.0 Å². The molecule has 1 rings (SSSR count). The van der Waals surface area contributed by atoms with Crippen LogP contribution in [0.4, 0.5) is 0 Å². The van der Waals surface area contributed by atoms with Crippen LogP contribution in [0.2, 0.25) is 0 Å². The second-order valence-electron chi connectivity index (χ2n) is 5.18. The van der Waals surface area contributed by atoms with Crippen molar-refractivity contribution in [1.29, 1.82) is 0 Å². The predicted octanol–water partition coefficient (Wildman–Crippen LogP) is 0.795. The fourth-order valence-electron chi connectivity index (χ4n) is 1.62. The highest BCUT2D eigenvalue weighted by molar-refractivity contribution is 7.89. The van der Waals surface area contributed by atoms with E-state index in [1.165, 1.54) is 6.20 Å². The van der Waals surface area contributed by atoms with E-state index in [0.717, 1.165) is 6.42 Å². The van der Waals surface area contributed by atoms with Crippen LogP contribution in [-0.2, 0) is 10.0 Å². The molecule has 1 aromatic rings. The molecule has 0 amide bonds. The molecular formula is C11H21N3O3S. The van der Waals surface area contributed by atoms with Gasteiger partial charge in [0, 0.05) is 13.2 Å². The second-order valence-corrected chi connectivity index (χ2v) is 6.91. The van der Waals surface area contributed by atoms with Crippen LogP contribution in [0.3, 0.4) is 0 Å². The molecule has 0 atom stereocenters. The number of aromatic amines is 1. The highest BCUT2D eigenvalue weighted by Crippen LogP contribution is 2.22. The van der Waals surface area contributed by atoms with Gasteiger partial charge in [0.1, 0.15) is 4.90 Å². The topological polar surface area (TPSA) is 95.1 Å². The van der Waals surface area contributed by atoms with Gasteiger partial charge in [-0.15, -0.1) is 0 Å². The number of aliphatic hydroxyl groups excluding tert-OH is 1. The molecule has 0 saturated heterocycles. The summed E-state index contributed by atoms with van der Waals surface area (Å²) < 4.78 is 26.6. The van der Waals surface area contributed by atoms with Crippen molar-refractivity contribution in [3.63, 3.8) is 0 Å². The van der Waals surface area contributed by atoms with Crippen molar-refractivity contribution in [3.8, 4) is 0 Å². The summed E-state index contributed by atoms with van der Waals surface area (Å²) in [7, 11) is -3.51. The van der Waals surface area contributed by atoms with Gasteiger partial charge in [-0.05, 0) is 25.2 Å². The number of nitrogens with one attached hydrogen (secondary N) is 2. The van der Waals surface area contributed by atoms with E-state index < -0.39 is 10.0 Å². The first-order valence-electron chi connectivity index (χ1n) is 5.89. The molecule has 0 aliphatic rings. The van der Waals surface area contributed by atoms with E-state index in [1.807, 2.05) is 13.8 Å². The molecular weight excluding hydrogens is 254 g/mol. The second kappa shape index (κ2) is 5.81. The largest absolute Gasteiger partial charge is 0.396 e. The highest BCUT2D eigenvalue weighted by atomic mass is 32.2. The monoisotopic (exact) mass is 275 g/mol. The number of hydrogen-bond acceptors (Lipinski definition) is 4. The number of rotatable bonds is 7. The zero-order valence-electron chi connectivity index (χ0n) is 11.0. The molecule has 104 valence electrons. The third-order valence-corrected chi connectivity index (χ3v) is 4.34. The first kappa shape index (κ1) is 15.1.